The van der Waals surface area contributed by atoms with Crippen molar-refractivity contribution in [1.29, 1.82) is 0 Å². The summed E-state index contributed by atoms with van der Waals surface area (Å²) in [5.74, 6) is 2.56. The third-order valence-electron chi connectivity index (χ3n) is 8.06. The molecule has 2 bridgehead atoms. The Labute approximate surface area is 152 Å². The Morgan fingerprint density at radius 2 is 1.76 bits per heavy atom. The summed E-state index contributed by atoms with van der Waals surface area (Å²) < 4.78 is 14.6. The average Bonchev–Trinajstić information content (AvgIpc) is 2.96. The number of nitrogens with zero attached hydrogens (tertiary/aromatic N) is 2. The van der Waals surface area contributed by atoms with Gasteiger partial charge in [-0.3, -0.25) is 4.68 Å². The molecule has 1 aliphatic heterocycles. The monoisotopic (exact) mass is 344 g/mol. The molecule has 25 heavy (non-hydrogen) atoms. The van der Waals surface area contributed by atoms with E-state index in [1.807, 2.05) is 6.20 Å². The maximum atomic E-state index is 6.22. The third kappa shape index (κ3) is 2.53. The molecular formula is C20H33BN2O2. The summed E-state index contributed by atoms with van der Waals surface area (Å²) in [6.45, 7) is 16.5. The maximum absolute atomic E-state index is 6.22. The number of hydrogen-bond donors (Lipinski definition) is 0. The second-order valence-electron chi connectivity index (χ2n) is 10.2. The maximum Gasteiger partial charge on any atom is 0.498 e. The average molecular weight is 344 g/mol. The summed E-state index contributed by atoms with van der Waals surface area (Å²) in [6, 6.07) is 0. The minimum absolute atomic E-state index is 0.305. The van der Waals surface area contributed by atoms with Gasteiger partial charge in [0.1, 0.15) is 0 Å². The highest BCUT2D eigenvalue weighted by Crippen LogP contribution is 2.61. The van der Waals surface area contributed by atoms with Gasteiger partial charge in [0.25, 0.3) is 0 Å². The van der Waals surface area contributed by atoms with Crippen LogP contribution in [0.3, 0.4) is 0 Å². The van der Waals surface area contributed by atoms with E-state index in [1.54, 1.807) is 0 Å². The molecular weight excluding hydrogens is 311 g/mol. The van der Waals surface area contributed by atoms with E-state index in [1.165, 1.54) is 25.0 Å². The molecule has 5 rings (SSSR count). The Morgan fingerprint density at radius 3 is 2.32 bits per heavy atom. The largest absolute Gasteiger partial charge is 0.498 e. The van der Waals surface area contributed by atoms with E-state index >= 15 is 0 Å². The summed E-state index contributed by atoms with van der Waals surface area (Å²) in [6.07, 6.45) is 6.11. The van der Waals surface area contributed by atoms with Gasteiger partial charge in [-0.2, -0.15) is 5.10 Å². The molecule has 3 saturated carbocycles. The van der Waals surface area contributed by atoms with Crippen LogP contribution in [0.15, 0.2) is 6.20 Å². The quantitative estimate of drug-likeness (QED) is 0.787. The SMILES string of the molecule is Cc1c(B2OC(C)(C)C(C)(C)O2)cnn1C[C@@H]1CC[C@@H]2C[C@H]1C2(C)C. The molecule has 138 valence electrons. The molecule has 0 spiro atoms. The van der Waals surface area contributed by atoms with Crippen LogP contribution in [-0.2, 0) is 15.9 Å². The van der Waals surface area contributed by atoms with Crippen molar-refractivity contribution in [3.05, 3.63) is 11.9 Å². The zero-order valence-electron chi connectivity index (χ0n) is 16.9. The zero-order chi connectivity index (χ0) is 18.2. The standard InChI is InChI=1S/C20H33BN2O2/c1-13-17(21-24-19(4,5)20(6,7)25-21)11-22-23(13)12-14-8-9-15-10-16(14)18(15,2)3/h11,14-16H,8-10,12H2,1-7H3/t14-,15+,16+/m0/s1. The molecule has 1 aromatic rings. The zero-order valence-corrected chi connectivity index (χ0v) is 16.9. The molecule has 0 unspecified atom stereocenters. The van der Waals surface area contributed by atoms with Crippen molar-refractivity contribution < 1.29 is 9.31 Å². The molecule has 3 atom stereocenters. The van der Waals surface area contributed by atoms with Crippen LogP contribution in [-0.4, -0.2) is 28.1 Å². The lowest BCUT2D eigenvalue weighted by atomic mass is 9.45. The van der Waals surface area contributed by atoms with Crippen LogP contribution in [0.5, 0.6) is 0 Å². The first-order valence-corrected chi connectivity index (χ1v) is 9.91. The summed E-state index contributed by atoms with van der Waals surface area (Å²) in [5, 5.41) is 4.71. The van der Waals surface area contributed by atoms with Gasteiger partial charge in [0.2, 0.25) is 0 Å². The molecule has 3 aliphatic carbocycles. The molecule has 2 heterocycles. The van der Waals surface area contributed by atoms with Crippen molar-refractivity contribution in [2.24, 2.45) is 23.2 Å². The summed E-state index contributed by atoms with van der Waals surface area (Å²) >= 11 is 0. The van der Waals surface area contributed by atoms with Gasteiger partial charge in [-0.1, -0.05) is 13.8 Å². The van der Waals surface area contributed by atoms with Gasteiger partial charge in [-0.05, 0) is 77.0 Å². The predicted octanol–water partition coefficient (Wildman–Crippen LogP) is 3.56. The third-order valence-corrected chi connectivity index (χ3v) is 8.06. The van der Waals surface area contributed by atoms with Crippen molar-refractivity contribution in [2.75, 3.05) is 0 Å². The van der Waals surface area contributed by atoms with Crippen molar-refractivity contribution in [3.63, 3.8) is 0 Å². The minimum atomic E-state index is -0.311. The molecule has 4 aliphatic rings. The lowest BCUT2D eigenvalue weighted by molar-refractivity contribution is -0.109. The minimum Gasteiger partial charge on any atom is -0.399 e. The van der Waals surface area contributed by atoms with Crippen molar-refractivity contribution >= 4 is 12.6 Å². The van der Waals surface area contributed by atoms with Crippen molar-refractivity contribution in [2.45, 2.75) is 85.5 Å². The van der Waals surface area contributed by atoms with Crippen molar-refractivity contribution in [1.82, 2.24) is 9.78 Å². The highest BCUT2D eigenvalue weighted by molar-refractivity contribution is 6.62. The van der Waals surface area contributed by atoms with E-state index in [-0.39, 0.29) is 18.3 Å². The number of hydrogen-bond acceptors (Lipinski definition) is 3. The Morgan fingerprint density at radius 1 is 1.12 bits per heavy atom. The Kier molecular flexibility index (Phi) is 3.77. The lowest BCUT2D eigenvalue weighted by Gasteiger charge is -2.60. The fourth-order valence-electron chi connectivity index (χ4n) is 5.25. The molecule has 4 fully saturated rings. The fourth-order valence-corrected chi connectivity index (χ4v) is 5.25. The van der Waals surface area contributed by atoms with Crippen LogP contribution in [0.1, 0.15) is 66.5 Å². The molecule has 0 amide bonds. The number of rotatable bonds is 3. The molecule has 5 heteroatoms. The van der Waals surface area contributed by atoms with Gasteiger partial charge < -0.3 is 9.31 Å². The van der Waals surface area contributed by atoms with Gasteiger partial charge in [-0.15, -0.1) is 0 Å². The Bertz CT molecular complexity index is 661. The van der Waals surface area contributed by atoms with E-state index in [9.17, 15) is 0 Å². The van der Waals surface area contributed by atoms with E-state index < -0.39 is 0 Å². The van der Waals surface area contributed by atoms with E-state index in [2.05, 4.69) is 53.1 Å². The number of aromatic nitrogens is 2. The van der Waals surface area contributed by atoms with Gasteiger partial charge in [0.15, 0.2) is 0 Å². The first-order valence-electron chi connectivity index (χ1n) is 9.91. The highest BCUT2D eigenvalue weighted by atomic mass is 16.7. The van der Waals surface area contributed by atoms with Crippen molar-refractivity contribution in [3.8, 4) is 0 Å². The van der Waals surface area contributed by atoms with Crippen LogP contribution in [0, 0.1) is 30.1 Å². The van der Waals surface area contributed by atoms with Crippen LogP contribution < -0.4 is 5.46 Å². The lowest BCUT2D eigenvalue weighted by Crippen LogP contribution is -2.53. The smallest absolute Gasteiger partial charge is 0.399 e. The van der Waals surface area contributed by atoms with Crippen LogP contribution >= 0.6 is 0 Å². The second kappa shape index (κ2) is 5.35. The Hall–Kier alpha value is -0.805. The van der Waals surface area contributed by atoms with Crippen LogP contribution in [0.2, 0.25) is 0 Å². The van der Waals surface area contributed by atoms with E-state index in [4.69, 9.17) is 14.4 Å². The van der Waals surface area contributed by atoms with E-state index in [0.29, 0.717) is 5.41 Å². The number of fused-ring (bicyclic) bond motifs is 2. The molecule has 0 aromatic carbocycles. The van der Waals surface area contributed by atoms with Gasteiger partial charge in [0, 0.05) is 23.9 Å². The first-order chi connectivity index (χ1) is 11.5. The highest BCUT2D eigenvalue weighted by Gasteiger charge is 2.55. The molecule has 0 radical (unpaired) electrons. The van der Waals surface area contributed by atoms with Crippen LogP contribution in [0.4, 0.5) is 0 Å². The normalized spacial score (nSPS) is 34.8. The molecule has 1 aromatic heterocycles. The van der Waals surface area contributed by atoms with E-state index in [0.717, 1.165) is 29.8 Å². The summed E-state index contributed by atoms with van der Waals surface area (Å²) in [5.41, 5.74) is 2.19. The predicted molar refractivity (Wildman–Crippen MR) is 101 cm³/mol. The first kappa shape index (κ1) is 17.6. The molecule has 4 nitrogen and oxygen atoms in total. The van der Waals surface area contributed by atoms with Crippen LogP contribution in [0.25, 0.3) is 0 Å². The summed E-state index contributed by atoms with van der Waals surface area (Å²) in [7, 11) is -0.311. The summed E-state index contributed by atoms with van der Waals surface area (Å²) in [4.78, 5) is 0. The molecule has 1 saturated heterocycles. The second-order valence-corrected chi connectivity index (χ2v) is 10.2. The Balaban J connectivity index is 1.51. The fraction of sp³-hybridized carbons (Fsp3) is 0.850. The topological polar surface area (TPSA) is 36.3 Å². The van der Waals surface area contributed by atoms with Gasteiger partial charge in [-0.25, -0.2) is 0 Å². The molecule has 0 N–H and O–H groups in total. The van der Waals surface area contributed by atoms with Gasteiger partial charge in [0.05, 0.1) is 11.2 Å². The van der Waals surface area contributed by atoms with Gasteiger partial charge >= 0.3 is 7.12 Å².